The van der Waals surface area contributed by atoms with Gasteiger partial charge >= 0.3 is 0 Å². The van der Waals surface area contributed by atoms with E-state index in [9.17, 15) is 0 Å². The number of nitrogens with zero attached hydrogens (tertiary/aromatic N) is 2. The molecule has 0 aliphatic carbocycles. The predicted molar refractivity (Wildman–Crippen MR) is 85.4 cm³/mol. The lowest BCUT2D eigenvalue weighted by Crippen LogP contribution is -2.18. The Morgan fingerprint density at radius 2 is 2.05 bits per heavy atom. The summed E-state index contributed by atoms with van der Waals surface area (Å²) in [6.07, 6.45) is 9.22. The maximum absolute atomic E-state index is 5.71. The smallest absolute Gasteiger partial charge is 0.119 e. The van der Waals surface area contributed by atoms with E-state index in [-0.39, 0.29) is 0 Å². The molecule has 0 atom stereocenters. The van der Waals surface area contributed by atoms with E-state index in [4.69, 9.17) is 4.74 Å². The van der Waals surface area contributed by atoms with Crippen LogP contribution in [0, 0.1) is 0 Å². The number of aromatic nitrogens is 2. The lowest BCUT2D eigenvalue weighted by molar-refractivity contribution is 0.306. The maximum atomic E-state index is 5.71. The van der Waals surface area contributed by atoms with Gasteiger partial charge in [-0.05, 0) is 24.1 Å². The van der Waals surface area contributed by atoms with Gasteiger partial charge in [-0.2, -0.15) is 0 Å². The Kier molecular flexibility index (Phi) is 6.81. The highest BCUT2D eigenvalue weighted by Gasteiger charge is 1.96. The minimum atomic E-state index is 0.816. The molecule has 0 aliphatic rings. The van der Waals surface area contributed by atoms with Gasteiger partial charge in [-0.25, -0.2) is 4.98 Å². The van der Waals surface area contributed by atoms with E-state index in [1.807, 2.05) is 12.5 Å². The lowest BCUT2D eigenvalue weighted by atomic mass is 10.2. The van der Waals surface area contributed by atoms with E-state index < -0.39 is 0 Å². The molecule has 1 N–H and O–H groups in total. The van der Waals surface area contributed by atoms with Crippen molar-refractivity contribution in [3.05, 3.63) is 48.5 Å². The summed E-state index contributed by atoms with van der Waals surface area (Å²) in [5.41, 5.74) is 1.28. The second-order valence-electron chi connectivity index (χ2n) is 5.18. The first-order valence-electron chi connectivity index (χ1n) is 7.76. The number of imidazole rings is 1. The largest absolute Gasteiger partial charge is 0.494 e. The van der Waals surface area contributed by atoms with Crippen LogP contribution in [0.2, 0.25) is 0 Å². The molecule has 1 aromatic carbocycles. The second-order valence-corrected chi connectivity index (χ2v) is 5.18. The van der Waals surface area contributed by atoms with Crippen LogP contribution in [-0.4, -0.2) is 22.7 Å². The number of nitrogens with one attached hydrogen (secondary N) is 1. The van der Waals surface area contributed by atoms with Crippen LogP contribution in [0.15, 0.2) is 43.0 Å². The number of benzene rings is 1. The third-order valence-electron chi connectivity index (χ3n) is 3.38. The minimum Gasteiger partial charge on any atom is -0.494 e. The Morgan fingerprint density at radius 1 is 1.19 bits per heavy atom. The first kappa shape index (κ1) is 15.6. The Morgan fingerprint density at radius 3 is 2.76 bits per heavy atom. The topological polar surface area (TPSA) is 39.1 Å². The maximum Gasteiger partial charge on any atom is 0.119 e. The van der Waals surface area contributed by atoms with Crippen LogP contribution in [0.3, 0.4) is 0 Å². The molecular formula is C17H25N3O. The van der Waals surface area contributed by atoms with E-state index in [1.54, 1.807) is 6.20 Å². The van der Waals surface area contributed by atoms with Crippen molar-refractivity contribution in [2.45, 2.75) is 39.3 Å². The highest BCUT2D eigenvalue weighted by molar-refractivity contribution is 5.27. The summed E-state index contributed by atoms with van der Waals surface area (Å²) >= 11 is 0. The Hall–Kier alpha value is -1.81. The van der Waals surface area contributed by atoms with Crippen LogP contribution in [-0.2, 0) is 13.1 Å². The molecule has 0 fully saturated rings. The van der Waals surface area contributed by atoms with Gasteiger partial charge in [-0.15, -0.1) is 0 Å². The summed E-state index contributed by atoms with van der Waals surface area (Å²) in [6.45, 7) is 5.78. The molecule has 1 heterocycles. The van der Waals surface area contributed by atoms with Crippen molar-refractivity contribution in [2.75, 3.05) is 13.2 Å². The summed E-state index contributed by atoms with van der Waals surface area (Å²) < 4.78 is 7.78. The molecule has 1 aromatic heterocycles. The third kappa shape index (κ3) is 6.00. The normalized spacial score (nSPS) is 10.7. The second kappa shape index (κ2) is 9.19. The van der Waals surface area contributed by atoms with Gasteiger partial charge < -0.3 is 14.6 Å². The van der Waals surface area contributed by atoms with Gasteiger partial charge in [0.25, 0.3) is 0 Å². The van der Waals surface area contributed by atoms with E-state index in [0.717, 1.165) is 38.4 Å². The molecule has 0 saturated heterocycles. The number of hydrogen-bond acceptors (Lipinski definition) is 3. The molecular weight excluding hydrogens is 262 g/mol. The molecule has 4 heteroatoms. The Bertz CT molecular complexity index is 479. The van der Waals surface area contributed by atoms with Crippen molar-refractivity contribution in [3.63, 3.8) is 0 Å². The van der Waals surface area contributed by atoms with E-state index in [2.05, 4.69) is 46.1 Å². The average molecular weight is 287 g/mol. The molecule has 2 rings (SSSR count). The van der Waals surface area contributed by atoms with Crippen molar-refractivity contribution < 1.29 is 4.74 Å². The fourth-order valence-electron chi connectivity index (χ4n) is 2.11. The average Bonchev–Trinajstić information content (AvgIpc) is 3.03. The zero-order valence-electron chi connectivity index (χ0n) is 12.8. The van der Waals surface area contributed by atoms with Crippen LogP contribution < -0.4 is 10.1 Å². The summed E-state index contributed by atoms with van der Waals surface area (Å²) in [5, 5.41) is 3.43. The molecule has 0 radical (unpaired) electrons. The molecule has 0 amide bonds. The van der Waals surface area contributed by atoms with Crippen LogP contribution in [0.1, 0.15) is 31.7 Å². The summed E-state index contributed by atoms with van der Waals surface area (Å²) in [6, 6.07) is 8.36. The SMILES string of the molecule is CCCCCOc1ccc(CNCCn2ccnc2)cc1. The molecule has 2 aromatic rings. The van der Waals surface area contributed by atoms with Crippen LogP contribution in [0.25, 0.3) is 0 Å². The molecule has 114 valence electrons. The number of rotatable bonds is 10. The summed E-state index contributed by atoms with van der Waals surface area (Å²) in [7, 11) is 0. The van der Waals surface area contributed by atoms with Gasteiger partial charge in [0.2, 0.25) is 0 Å². The molecule has 0 saturated carbocycles. The minimum absolute atomic E-state index is 0.816. The van der Waals surface area contributed by atoms with Crippen molar-refractivity contribution >= 4 is 0 Å². The quantitative estimate of drug-likeness (QED) is 0.682. The fourth-order valence-corrected chi connectivity index (χ4v) is 2.11. The first-order valence-corrected chi connectivity index (χ1v) is 7.76. The van der Waals surface area contributed by atoms with E-state index in [0.29, 0.717) is 0 Å². The van der Waals surface area contributed by atoms with Crippen molar-refractivity contribution in [1.82, 2.24) is 14.9 Å². The molecule has 21 heavy (non-hydrogen) atoms. The van der Waals surface area contributed by atoms with Gasteiger partial charge in [0.1, 0.15) is 5.75 Å². The van der Waals surface area contributed by atoms with Gasteiger partial charge in [-0.3, -0.25) is 0 Å². The molecule has 0 bridgehead atoms. The zero-order chi connectivity index (χ0) is 14.8. The van der Waals surface area contributed by atoms with Crippen molar-refractivity contribution in [2.24, 2.45) is 0 Å². The fraction of sp³-hybridized carbons (Fsp3) is 0.471. The summed E-state index contributed by atoms with van der Waals surface area (Å²) in [4.78, 5) is 4.03. The van der Waals surface area contributed by atoms with Crippen molar-refractivity contribution in [1.29, 1.82) is 0 Å². The highest BCUT2D eigenvalue weighted by atomic mass is 16.5. The molecule has 0 spiro atoms. The third-order valence-corrected chi connectivity index (χ3v) is 3.38. The molecule has 4 nitrogen and oxygen atoms in total. The zero-order valence-corrected chi connectivity index (χ0v) is 12.8. The number of hydrogen-bond donors (Lipinski definition) is 1. The standard InChI is InChI=1S/C17H25N3O/c1-2-3-4-13-21-17-7-5-16(6-8-17)14-18-9-11-20-12-10-19-15-20/h5-8,10,12,15,18H,2-4,9,11,13-14H2,1H3. The van der Waals surface area contributed by atoms with Gasteiger partial charge in [0, 0.05) is 32.0 Å². The van der Waals surface area contributed by atoms with Crippen LogP contribution in [0.5, 0.6) is 5.75 Å². The monoisotopic (exact) mass is 287 g/mol. The lowest BCUT2D eigenvalue weighted by Gasteiger charge is -2.08. The van der Waals surface area contributed by atoms with E-state index in [1.165, 1.54) is 18.4 Å². The Labute approximate surface area is 127 Å². The van der Waals surface area contributed by atoms with Gasteiger partial charge in [-0.1, -0.05) is 31.9 Å². The first-order chi connectivity index (χ1) is 10.4. The highest BCUT2D eigenvalue weighted by Crippen LogP contribution is 2.12. The van der Waals surface area contributed by atoms with Crippen LogP contribution >= 0.6 is 0 Å². The van der Waals surface area contributed by atoms with Gasteiger partial charge in [0.15, 0.2) is 0 Å². The predicted octanol–water partition coefficient (Wildman–Crippen LogP) is 3.24. The summed E-state index contributed by atoms with van der Waals surface area (Å²) in [5.74, 6) is 0.966. The van der Waals surface area contributed by atoms with E-state index >= 15 is 0 Å². The number of unbranched alkanes of at least 4 members (excludes halogenated alkanes) is 2. The van der Waals surface area contributed by atoms with Crippen LogP contribution in [0.4, 0.5) is 0 Å². The molecule has 0 unspecified atom stereocenters. The molecule has 0 aliphatic heterocycles. The van der Waals surface area contributed by atoms with Crippen molar-refractivity contribution in [3.8, 4) is 5.75 Å². The Balaban J connectivity index is 1.62. The van der Waals surface area contributed by atoms with Gasteiger partial charge in [0.05, 0.1) is 12.9 Å². The number of ether oxygens (including phenoxy) is 1.